The highest BCUT2D eigenvalue weighted by molar-refractivity contribution is 7.80. The zero-order valence-corrected chi connectivity index (χ0v) is 11.0. The Morgan fingerprint density at radius 2 is 1.69 bits per heavy atom. The van der Waals surface area contributed by atoms with Gasteiger partial charge in [-0.2, -0.15) is 0 Å². The first-order chi connectivity index (χ1) is 7.77. The van der Waals surface area contributed by atoms with Crippen LogP contribution in [0.1, 0.15) is 51.4 Å². The second-order valence-corrected chi connectivity index (χ2v) is 5.85. The summed E-state index contributed by atoms with van der Waals surface area (Å²) in [4.78, 5) is 3.40. The van der Waals surface area contributed by atoms with E-state index in [0.717, 1.165) is 17.6 Å². The maximum Gasteiger partial charge on any atom is 0.0771 e. The van der Waals surface area contributed by atoms with Crippen LogP contribution in [0.3, 0.4) is 0 Å². The molecule has 16 heavy (non-hydrogen) atoms. The van der Waals surface area contributed by atoms with E-state index < -0.39 is 0 Å². The molecular formula is C13H24N2S. The van der Waals surface area contributed by atoms with E-state index in [1.807, 2.05) is 0 Å². The third-order valence-electron chi connectivity index (χ3n) is 4.20. The number of likely N-dealkylation sites (tertiary alicyclic amines) is 1. The molecule has 1 saturated heterocycles. The first kappa shape index (κ1) is 12.3. The summed E-state index contributed by atoms with van der Waals surface area (Å²) < 4.78 is 0. The summed E-state index contributed by atoms with van der Waals surface area (Å²) in [6.45, 7) is 2.39. The molecule has 1 heterocycles. The van der Waals surface area contributed by atoms with Gasteiger partial charge in [-0.1, -0.05) is 37.9 Å². The summed E-state index contributed by atoms with van der Waals surface area (Å²) in [7, 11) is 0. The van der Waals surface area contributed by atoms with E-state index in [9.17, 15) is 0 Å². The van der Waals surface area contributed by atoms with Gasteiger partial charge in [-0.05, 0) is 32.2 Å². The number of piperidine rings is 1. The average molecular weight is 240 g/mol. The number of nitrogens with two attached hydrogens (primary N) is 1. The Kier molecular flexibility index (Phi) is 4.59. The maximum atomic E-state index is 5.79. The number of thiocarbonyl (C=S) groups is 1. The van der Waals surface area contributed by atoms with Crippen molar-refractivity contribution in [2.45, 2.75) is 57.4 Å². The molecule has 3 heteroatoms. The quantitative estimate of drug-likeness (QED) is 0.594. The third kappa shape index (κ3) is 3.17. The van der Waals surface area contributed by atoms with Crippen molar-refractivity contribution in [3.05, 3.63) is 0 Å². The fourth-order valence-electron chi connectivity index (χ4n) is 3.19. The molecule has 2 fully saturated rings. The van der Waals surface area contributed by atoms with Crippen LogP contribution >= 0.6 is 12.2 Å². The van der Waals surface area contributed by atoms with Gasteiger partial charge in [-0.15, -0.1) is 0 Å². The van der Waals surface area contributed by atoms with Crippen LogP contribution in [0.4, 0.5) is 0 Å². The van der Waals surface area contributed by atoms with Crippen LogP contribution in [0.25, 0.3) is 0 Å². The molecule has 92 valence electrons. The lowest BCUT2D eigenvalue weighted by Gasteiger charge is -2.37. The van der Waals surface area contributed by atoms with Gasteiger partial charge >= 0.3 is 0 Å². The number of hydrogen-bond donors (Lipinski definition) is 1. The molecular weight excluding hydrogens is 216 g/mol. The number of rotatable bonds is 2. The summed E-state index contributed by atoms with van der Waals surface area (Å²) >= 11 is 5.15. The first-order valence-electron chi connectivity index (χ1n) is 6.81. The molecule has 2 aliphatic rings. The minimum Gasteiger partial charge on any atom is -0.393 e. The Labute approximate surface area is 105 Å². The van der Waals surface area contributed by atoms with Gasteiger partial charge in [0, 0.05) is 18.5 Å². The van der Waals surface area contributed by atoms with Gasteiger partial charge in [0.25, 0.3) is 0 Å². The Hall–Kier alpha value is -0.150. The van der Waals surface area contributed by atoms with E-state index in [2.05, 4.69) is 4.90 Å². The van der Waals surface area contributed by atoms with Crippen LogP contribution < -0.4 is 5.73 Å². The van der Waals surface area contributed by atoms with Crippen molar-refractivity contribution in [2.24, 2.45) is 11.7 Å². The Morgan fingerprint density at radius 1 is 1.00 bits per heavy atom. The molecule has 0 spiro atoms. The molecule has 2 N–H and O–H groups in total. The van der Waals surface area contributed by atoms with Gasteiger partial charge in [0.2, 0.25) is 0 Å². The SMILES string of the molecule is NC(=S)C1CCCN(C2CCCCCC2)C1. The van der Waals surface area contributed by atoms with Gasteiger partial charge in [-0.3, -0.25) is 4.90 Å². The Bertz CT molecular complexity index is 234. The van der Waals surface area contributed by atoms with Crippen molar-refractivity contribution >= 4 is 17.2 Å². The van der Waals surface area contributed by atoms with E-state index in [-0.39, 0.29) is 0 Å². The van der Waals surface area contributed by atoms with Crippen molar-refractivity contribution < 1.29 is 0 Å². The van der Waals surface area contributed by atoms with Crippen molar-refractivity contribution in [1.82, 2.24) is 4.90 Å². The van der Waals surface area contributed by atoms with Gasteiger partial charge in [0.05, 0.1) is 4.99 Å². The minimum absolute atomic E-state index is 0.479. The van der Waals surface area contributed by atoms with E-state index in [0.29, 0.717) is 5.92 Å². The van der Waals surface area contributed by atoms with E-state index in [1.54, 1.807) is 0 Å². The lowest BCUT2D eigenvalue weighted by molar-refractivity contribution is 0.133. The molecule has 0 aromatic heterocycles. The molecule has 1 unspecified atom stereocenters. The van der Waals surface area contributed by atoms with Gasteiger partial charge in [0.15, 0.2) is 0 Å². The normalized spacial score (nSPS) is 29.9. The Balaban J connectivity index is 1.89. The zero-order valence-electron chi connectivity index (χ0n) is 10.2. The van der Waals surface area contributed by atoms with Crippen LogP contribution in [-0.4, -0.2) is 29.0 Å². The van der Waals surface area contributed by atoms with E-state index >= 15 is 0 Å². The highest BCUT2D eigenvalue weighted by Crippen LogP contribution is 2.26. The molecule has 1 atom stereocenters. The topological polar surface area (TPSA) is 29.3 Å². The van der Waals surface area contributed by atoms with Crippen LogP contribution in [0, 0.1) is 5.92 Å². The number of hydrogen-bond acceptors (Lipinski definition) is 2. The summed E-state index contributed by atoms with van der Waals surface area (Å²) in [5.74, 6) is 0.479. The molecule has 0 bridgehead atoms. The minimum atomic E-state index is 0.479. The molecule has 0 amide bonds. The molecule has 1 saturated carbocycles. The van der Waals surface area contributed by atoms with Crippen LogP contribution in [0.15, 0.2) is 0 Å². The monoisotopic (exact) mass is 240 g/mol. The van der Waals surface area contributed by atoms with Crippen LogP contribution in [0.5, 0.6) is 0 Å². The number of nitrogens with zero attached hydrogens (tertiary/aromatic N) is 1. The Morgan fingerprint density at radius 3 is 2.31 bits per heavy atom. The smallest absolute Gasteiger partial charge is 0.0771 e. The predicted molar refractivity (Wildman–Crippen MR) is 72.6 cm³/mol. The molecule has 1 aliphatic carbocycles. The summed E-state index contributed by atoms with van der Waals surface area (Å²) in [5.41, 5.74) is 5.79. The molecule has 2 rings (SSSR count). The van der Waals surface area contributed by atoms with Crippen LogP contribution in [-0.2, 0) is 0 Å². The predicted octanol–water partition coefficient (Wildman–Crippen LogP) is 2.71. The van der Waals surface area contributed by atoms with Gasteiger partial charge in [-0.25, -0.2) is 0 Å². The average Bonchev–Trinajstić information content (AvgIpc) is 2.57. The maximum absolute atomic E-state index is 5.79. The third-order valence-corrected chi connectivity index (χ3v) is 4.53. The highest BCUT2D eigenvalue weighted by atomic mass is 32.1. The van der Waals surface area contributed by atoms with Crippen LogP contribution in [0.2, 0.25) is 0 Å². The highest BCUT2D eigenvalue weighted by Gasteiger charge is 2.27. The zero-order chi connectivity index (χ0) is 11.4. The summed E-state index contributed by atoms with van der Waals surface area (Å²) in [5, 5.41) is 0. The van der Waals surface area contributed by atoms with Gasteiger partial charge < -0.3 is 5.73 Å². The van der Waals surface area contributed by atoms with Crippen molar-refractivity contribution in [1.29, 1.82) is 0 Å². The van der Waals surface area contributed by atoms with Crippen molar-refractivity contribution in [3.63, 3.8) is 0 Å². The molecule has 0 aromatic carbocycles. The van der Waals surface area contributed by atoms with Crippen molar-refractivity contribution in [2.75, 3.05) is 13.1 Å². The van der Waals surface area contributed by atoms with E-state index in [1.165, 1.54) is 57.9 Å². The second-order valence-electron chi connectivity index (χ2n) is 5.38. The molecule has 2 nitrogen and oxygen atoms in total. The fourth-order valence-corrected chi connectivity index (χ4v) is 3.39. The lowest BCUT2D eigenvalue weighted by atomic mass is 9.95. The van der Waals surface area contributed by atoms with E-state index in [4.69, 9.17) is 18.0 Å². The molecule has 1 aliphatic heterocycles. The summed E-state index contributed by atoms with van der Waals surface area (Å²) in [6, 6.07) is 0.819. The lowest BCUT2D eigenvalue weighted by Crippen LogP contribution is -2.45. The van der Waals surface area contributed by atoms with Crippen molar-refractivity contribution in [3.8, 4) is 0 Å². The summed E-state index contributed by atoms with van der Waals surface area (Å²) in [6.07, 6.45) is 11.0. The first-order valence-corrected chi connectivity index (χ1v) is 7.21. The standard InChI is InChI=1S/C13H24N2S/c14-13(16)11-6-5-9-15(10-11)12-7-3-1-2-4-8-12/h11-12H,1-10H2,(H2,14,16). The largest absolute Gasteiger partial charge is 0.393 e. The molecule has 0 radical (unpaired) electrons. The fraction of sp³-hybridized carbons (Fsp3) is 0.923. The molecule has 0 aromatic rings. The van der Waals surface area contributed by atoms with Gasteiger partial charge in [0.1, 0.15) is 0 Å². The second kappa shape index (κ2) is 5.97.